The molecule has 1 atom stereocenters. The highest BCUT2D eigenvalue weighted by atomic mass is 35.5. The highest BCUT2D eigenvalue weighted by Crippen LogP contribution is 2.26. The molecular weight excluding hydrogens is 308 g/mol. The third-order valence-electron chi connectivity index (χ3n) is 4.38. The zero-order valence-corrected chi connectivity index (χ0v) is 14.0. The Hall–Kier alpha value is -2.00. The molecule has 0 aromatic heterocycles. The molecule has 23 heavy (non-hydrogen) atoms. The van der Waals surface area contributed by atoms with Gasteiger partial charge >= 0.3 is 0 Å². The van der Waals surface area contributed by atoms with Gasteiger partial charge in [0, 0.05) is 24.0 Å². The summed E-state index contributed by atoms with van der Waals surface area (Å²) in [5, 5.41) is 3.36. The summed E-state index contributed by atoms with van der Waals surface area (Å²) in [6, 6.07) is 15.7. The molecular formula is C19H21ClN2O. The monoisotopic (exact) mass is 328 g/mol. The first kappa shape index (κ1) is 15.9. The van der Waals surface area contributed by atoms with Crippen LogP contribution in [0.2, 0.25) is 5.02 Å². The highest BCUT2D eigenvalue weighted by Gasteiger charge is 2.18. The fraction of sp³-hybridized carbons (Fsp3) is 0.316. The summed E-state index contributed by atoms with van der Waals surface area (Å²) in [5.41, 5.74) is 2.49. The van der Waals surface area contributed by atoms with Crippen molar-refractivity contribution >= 4 is 28.9 Å². The standard InChI is InChI=1S/C19H21ClN2O/c1-14-6-4-5-13-22(14)16-11-9-15(10-12-16)21-19(23)17-7-2-3-8-18(17)20/h2-3,7-12,14H,4-6,13H2,1H3,(H,21,23). The Labute approximate surface area is 142 Å². The zero-order chi connectivity index (χ0) is 16.2. The molecule has 4 heteroatoms. The van der Waals surface area contributed by atoms with Crippen molar-refractivity contribution in [3.05, 3.63) is 59.1 Å². The van der Waals surface area contributed by atoms with Gasteiger partial charge in [-0.2, -0.15) is 0 Å². The third kappa shape index (κ3) is 3.67. The quantitative estimate of drug-likeness (QED) is 0.862. The number of amides is 1. The number of carbonyl (C=O) groups is 1. The molecule has 1 saturated heterocycles. The summed E-state index contributed by atoms with van der Waals surface area (Å²) in [6.45, 7) is 3.37. The maximum Gasteiger partial charge on any atom is 0.257 e. The second-order valence-electron chi connectivity index (χ2n) is 6.02. The van der Waals surface area contributed by atoms with E-state index in [0.717, 1.165) is 12.2 Å². The van der Waals surface area contributed by atoms with Crippen LogP contribution in [0.5, 0.6) is 0 Å². The van der Waals surface area contributed by atoms with Crippen LogP contribution in [0.1, 0.15) is 36.5 Å². The lowest BCUT2D eigenvalue weighted by molar-refractivity contribution is 0.102. The Morgan fingerprint density at radius 1 is 1.13 bits per heavy atom. The van der Waals surface area contributed by atoms with Crippen LogP contribution < -0.4 is 10.2 Å². The van der Waals surface area contributed by atoms with Crippen LogP contribution in [0, 0.1) is 0 Å². The van der Waals surface area contributed by atoms with Crippen LogP contribution in [0.25, 0.3) is 0 Å². The number of halogens is 1. The fourth-order valence-electron chi connectivity index (χ4n) is 3.06. The second kappa shape index (κ2) is 7.05. The molecule has 1 fully saturated rings. The summed E-state index contributed by atoms with van der Waals surface area (Å²) in [7, 11) is 0. The van der Waals surface area contributed by atoms with E-state index in [1.165, 1.54) is 24.9 Å². The molecule has 1 N–H and O–H groups in total. The number of benzene rings is 2. The topological polar surface area (TPSA) is 32.3 Å². The Morgan fingerprint density at radius 3 is 2.57 bits per heavy atom. The summed E-state index contributed by atoms with van der Waals surface area (Å²) in [4.78, 5) is 14.7. The lowest BCUT2D eigenvalue weighted by atomic mass is 10.0. The summed E-state index contributed by atoms with van der Waals surface area (Å²) < 4.78 is 0. The number of carbonyl (C=O) groups excluding carboxylic acids is 1. The minimum Gasteiger partial charge on any atom is -0.369 e. The van der Waals surface area contributed by atoms with Gasteiger partial charge < -0.3 is 10.2 Å². The number of anilines is 2. The lowest BCUT2D eigenvalue weighted by Gasteiger charge is -2.35. The number of hydrogen-bond acceptors (Lipinski definition) is 2. The van der Waals surface area contributed by atoms with Gasteiger partial charge in [0.05, 0.1) is 10.6 Å². The van der Waals surface area contributed by atoms with Crippen molar-refractivity contribution in [2.45, 2.75) is 32.2 Å². The number of nitrogens with one attached hydrogen (secondary N) is 1. The fourth-order valence-corrected chi connectivity index (χ4v) is 3.28. The van der Waals surface area contributed by atoms with Gasteiger partial charge in [-0.15, -0.1) is 0 Å². The second-order valence-corrected chi connectivity index (χ2v) is 6.43. The summed E-state index contributed by atoms with van der Waals surface area (Å²) in [6.07, 6.45) is 3.80. The van der Waals surface area contributed by atoms with E-state index in [4.69, 9.17) is 11.6 Å². The zero-order valence-electron chi connectivity index (χ0n) is 13.3. The van der Waals surface area contributed by atoms with E-state index >= 15 is 0 Å². The molecule has 1 unspecified atom stereocenters. The van der Waals surface area contributed by atoms with E-state index in [1.807, 2.05) is 24.3 Å². The first-order valence-corrected chi connectivity index (χ1v) is 8.45. The largest absolute Gasteiger partial charge is 0.369 e. The predicted octanol–water partition coefficient (Wildman–Crippen LogP) is 4.97. The molecule has 2 aromatic rings. The van der Waals surface area contributed by atoms with E-state index in [2.05, 4.69) is 29.3 Å². The van der Waals surface area contributed by atoms with E-state index in [9.17, 15) is 4.79 Å². The third-order valence-corrected chi connectivity index (χ3v) is 4.71. The number of rotatable bonds is 3. The molecule has 0 radical (unpaired) electrons. The van der Waals surface area contributed by atoms with Crippen molar-refractivity contribution < 1.29 is 4.79 Å². The molecule has 3 rings (SSSR count). The molecule has 0 aliphatic carbocycles. The molecule has 1 amide bonds. The lowest BCUT2D eigenvalue weighted by Crippen LogP contribution is -2.37. The van der Waals surface area contributed by atoms with Gasteiger partial charge in [-0.25, -0.2) is 0 Å². The van der Waals surface area contributed by atoms with Crippen molar-refractivity contribution in [1.82, 2.24) is 0 Å². The van der Waals surface area contributed by atoms with Gasteiger partial charge in [-0.05, 0) is 62.6 Å². The molecule has 3 nitrogen and oxygen atoms in total. The summed E-state index contributed by atoms with van der Waals surface area (Å²) >= 11 is 6.06. The molecule has 2 aromatic carbocycles. The smallest absolute Gasteiger partial charge is 0.257 e. The SMILES string of the molecule is CC1CCCCN1c1ccc(NC(=O)c2ccccc2Cl)cc1. The Kier molecular flexibility index (Phi) is 4.87. The maximum atomic E-state index is 12.3. The number of hydrogen-bond donors (Lipinski definition) is 1. The minimum absolute atomic E-state index is 0.185. The summed E-state index contributed by atoms with van der Waals surface area (Å²) in [5.74, 6) is -0.185. The van der Waals surface area contributed by atoms with Gasteiger partial charge in [0.25, 0.3) is 5.91 Å². The molecule has 1 heterocycles. The van der Waals surface area contributed by atoms with Gasteiger partial charge in [-0.3, -0.25) is 4.79 Å². The van der Waals surface area contributed by atoms with Gasteiger partial charge in [0.15, 0.2) is 0 Å². The molecule has 1 aliphatic rings. The molecule has 1 aliphatic heterocycles. The highest BCUT2D eigenvalue weighted by molar-refractivity contribution is 6.34. The van der Waals surface area contributed by atoms with Crippen LogP contribution in [-0.2, 0) is 0 Å². The van der Waals surface area contributed by atoms with Crippen molar-refractivity contribution in [2.24, 2.45) is 0 Å². The van der Waals surface area contributed by atoms with E-state index in [-0.39, 0.29) is 5.91 Å². The Morgan fingerprint density at radius 2 is 1.87 bits per heavy atom. The van der Waals surface area contributed by atoms with Crippen LogP contribution in [0.4, 0.5) is 11.4 Å². The van der Waals surface area contributed by atoms with Gasteiger partial charge in [0.1, 0.15) is 0 Å². The average Bonchev–Trinajstić information content (AvgIpc) is 2.56. The number of nitrogens with zero attached hydrogens (tertiary/aromatic N) is 1. The van der Waals surface area contributed by atoms with E-state index in [0.29, 0.717) is 16.6 Å². The molecule has 120 valence electrons. The van der Waals surface area contributed by atoms with Crippen LogP contribution in [0.3, 0.4) is 0 Å². The van der Waals surface area contributed by atoms with Crippen LogP contribution in [-0.4, -0.2) is 18.5 Å². The first-order chi connectivity index (χ1) is 11.1. The first-order valence-electron chi connectivity index (χ1n) is 8.08. The van der Waals surface area contributed by atoms with Gasteiger partial charge in [-0.1, -0.05) is 23.7 Å². The Balaban J connectivity index is 1.70. The van der Waals surface area contributed by atoms with Crippen LogP contribution in [0.15, 0.2) is 48.5 Å². The normalized spacial score (nSPS) is 17.8. The van der Waals surface area contributed by atoms with Crippen LogP contribution >= 0.6 is 11.6 Å². The Bertz CT molecular complexity index is 684. The minimum atomic E-state index is -0.185. The van der Waals surface area contributed by atoms with Gasteiger partial charge in [0.2, 0.25) is 0 Å². The predicted molar refractivity (Wildman–Crippen MR) is 96.5 cm³/mol. The average molecular weight is 329 g/mol. The molecule has 0 saturated carbocycles. The number of piperidine rings is 1. The van der Waals surface area contributed by atoms with E-state index in [1.54, 1.807) is 12.1 Å². The van der Waals surface area contributed by atoms with Crippen molar-refractivity contribution in [2.75, 3.05) is 16.8 Å². The van der Waals surface area contributed by atoms with E-state index < -0.39 is 0 Å². The molecule has 0 spiro atoms. The van der Waals surface area contributed by atoms with Crippen molar-refractivity contribution in [3.63, 3.8) is 0 Å². The molecule has 0 bridgehead atoms. The van der Waals surface area contributed by atoms with Crippen molar-refractivity contribution in [3.8, 4) is 0 Å². The van der Waals surface area contributed by atoms with Crippen molar-refractivity contribution in [1.29, 1.82) is 0 Å². The maximum absolute atomic E-state index is 12.3.